The summed E-state index contributed by atoms with van der Waals surface area (Å²) in [6, 6.07) is 5.96. The molecular weight excluding hydrogens is 245 g/mol. The average Bonchev–Trinajstić information content (AvgIpc) is 2.38. The van der Waals surface area contributed by atoms with Crippen LogP contribution in [0.5, 0.6) is 0 Å². The van der Waals surface area contributed by atoms with Gasteiger partial charge in [-0.05, 0) is 49.9 Å². The Hall–Kier alpha value is -1.58. The molecule has 1 N–H and O–H groups in total. The lowest BCUT2D eigenvalue weighted by Crippen LogP contribution is -2.44. The van der Waals surface area contributed by atoms with Crippen molar-refractivity contribution in [3.8, 4) is 0 Å². The molecule has 3 nitrogen and oxygen atoms in total. The fourth-order valence-corrected chi connectivity index (χ4v) is 1.87. The number of hydrogen-bond acceptors (Lipinski definition) is 3. The minimum absolute atomic E-state index is 0.299. The molecule has 0 aliphatic carbocycles. The van der Waals surface area contributed by atoms with Crippen LogP contribution in [0, 0.1) is 11.7 Å². The van der Waals surface area contributed by atoms with Crippen molar-refractivity contribution in [2.24, 2.45) is 5.92 Å². The predicted octanol–water partition coefficient (Wildman–Crippen LogP) is 3.61. The number of halogens is 1. The minimum atomic E-state index is -0.795. The average molecular weight is 267 g/mol. The highest BCUT2D eigenvalue weighted by Crippen LogP contribution is 2.24. The highest BCUT2D eigenvalue weighted by Gasteiger charge is 2.34. The largest absolute Gasteiger partial charge is 0.467 e. The Morgan fingerprint density at radius 2 is 1.95 bits per heavy atom. The van der Waals surface area contributed by atoms with Gasteiger partial charge in [0.25, 0.3) is 0 Å². The van der Waals surface area contributed by atoms with Gasteiger partial charge in [0.2, 0.25) is 0 Å². The van der Waals surface area contributed by atoms with Gasteiger partial charge in [0.1, 0.15) is 11.4 Å². The van der Waals surface area contributed by atoms with Crippen LogP contribution < -0.4 is 5.32 Å². The summed E-state index contributed by atoms with van der Waals surface area (Å²) < 4.78 is 17.7. The van der Waals surface area contributed by atoms with Crippen molar-refractivity contribution in [1.29, 1.82) is 0 Å². The number of anilines is 1. The summed E-state index contributed by atoms with van der Waals surface area (Å²) in [5, 5.41) is 3.15. The topological polar surface area (TPSA) is 38.3 Å². The predicted molar refractivity (Wildman–Crippen MR) is 74.5 cm³/mol. The zero-order valence-corrected chi connectivity index (χ0v) is 12.0. The van der Waals surface area contributed by atoms with E-state index in [0.29, 0.717) is 18.0 Å². The summed E-state index contributed by atoms with van der Waals surface area (Å²) in [7, 11) is 1.38. The molecule has 0 spiro atoms. The second-order valence-electron chi connectivity index (χ2n) is 5.39. The van der Waals surface area contributed by atoms with Gasteiger partial charge in [-0.3, -0.25) is 0 Å². The summed E-state index contributed by atoms with van der Waals surface area (Å²) in [5.41, 5.74) is -0.0883. The van der Waals surface area contributed by atoms with Crippen molar-refractivity contribution in [1.82, 2.24) is 0 Å². The van der Waals surface area contributed by atoms with E-state index in [1.54, 1.807) is 12.1 Å². The molecule has 0 saturated heterocycles. The fourth-order valence-electron chi connectivity index (χ4n) is 1.87. The van der Waals surface area contributed by atoms with Gasteiger partial charge in [0, 0.05) is 5.69 Å². The summed E-state index contributed by atoms with van der Waals surface area (Å²) >= 11 is 0. The van der Waals surface area contributed by atoms with Crippen molar-refractivity contribution in [3.63, 3.8) is 0 Å². The molecule has 106 valence electrons. The monoisotopic (exact) mass is 267 g/mol. The van der Waals surface area contributed by atoms with Gasteiger partial charge in [-0.1, -0.05) is 13.8 Å². The highest BCUT2D eigenvalue weighted by atomic mass is 19.1. The molecule has 4 heteroatoms. The number of hydrogen-bond donors (Lipinski definition) is 1. The molecule has 1 aromatic carbocycles. The first-order chi connectivity index (χ1) is 8.87. The van der Waals surface area contributed by atoms with Crippen LogP contribution in [0.3, 0.4) is 0 Å². The highest BCUT2D eigenvalue weighted by molar-refractivity contribution is 5.83. The van der Waals surface area contributed by atoms with Crippen LogP contribution >= 0.6 is 0 Å². The first-order valence-corrected chi connectivity index (χ1v) is 6.49. The number of ether oxygens (including phenoxy) is 1. The Morgan fingerprint density at radius 3 is 2.42 bits per heavy atom. The van der Waals surface area contributed by atoms with Gasteiger partial charge in [0.05, 0.1) is 7.11 Å². The Bertz CT molecular complexity index is 417. The van der Waals surface area contributed by atoms with Crippen molar-refractivity contribution in [3.05, 3.63) is 30.1 Å². The van der Waals surface area contributed by atoms with Crippen LogP contribution in [0.1, 0.15) is 33.6 Å². The number of carbonyl (C=O) groups is 1. The van der Waals surface area contributed by atoms with Crippen LogP contribution in [0.4, 0.5) is 10.1 Å². The quantitative estimate of drug-likeness (QED) is 0.800. The van der Waals surface area contributed by atoms with Crippen molar-refractivity contribution in [2.75, 3.05) is 12.4 Å². The molecule has 0 aliphatic heterocycles. The summed E-state index contributed by atoms with van der Waals surface area (Å²) in [6.45, 7) is 6.02. The van der Waals surface area contributed by atoms with Crippen LogP contribution in [-0.4, -0.2) is 18.6 Å². The number of carbonyl (C=O) groups excluding carboxylic acids is 1. The second-order valence-corrected chi connectivity index (χ2v) is 5.39. The van der Waals surface area contributed by atoms with E-state index in [0.717, 1.165) is 6.42 Å². The van der Waals surface area contributed by atoms with E-state index in [1.807, 2.05) is 6.92 Å². The van der Waals surface area contributed by atoms with Crippen molar-refractivity contribution >= 4 is 11.7 Å². The number of benzene rings is 1. The lowest BCUT2D eigenvalue weighted by Gasteiger charge is -2.29. The van der Waals surface area contributed by atoms with E-state index in [2.05, 4.69) is 19.2 Å². The number of methoxy groups -OCH3 is 1. The first-order valence-electron chi connectivity index (χ1n) is 6.49. The first kappa shape index (κ1) is 15.5. The molecule has 0 saturated carbocycles. The lowest BCUT2D eigenvalue weighted by molar-refractivity contribution is -0.145. The maximum Gasteiger partial charge on any atom is 0.331 e. The third-order valence-corrected chi connectivity index (χ3v) is 3.12. The summed E-state index contributed by atoms with van der Waals surface area (Å²) in [6.07, 6.45) is 1.56. The SMILES string of the molecule is COC(=O)C(C)(CCC(C)C)Nc1ccc(F)cc1. The van der Waals surface area contributed by atoms with Gasteiger partial charge in [-0.2, -0.15) is 0 Å². The zero-order chi connectivity index (χ0) is 14.5. The van der Waals surface area contributed by atoms with Crippen LogP contribution in [0.15, 0.2) is 24.3 Å². The molecule has 0 bridgehead atoms. The molecule has 0 amide bonds. The molecule has 0 aromatic heterocycles. The van der Waals surface area contributed by atoms with Crippen LogP contribution in [0.2, 0.25) is 0 Å². The number of nitrogens with one attached hydrogen (secondary N) is 1. The molecular formula is C15H22FNO2. The smallest absolute Gasteiger partial charge is 0.331 e. The minimum Gasteiger partial charge on any atom is -0.467 e. The maximum absolute atomic E-state index is 12.9. The van der Waals surface area contributed by atoms with E-state index >= 15 is 0 Å². The molecule has 1 rings (SSSR count). The molecule has 0 fully saturated rings. The van der Waals surface area contributed by atoms with E-state index in [9.17, 15) is 9.18 Å². The van der Waals surface area contributed by atoms with Crippen molar-refractivity contribution < 1.29 is 13.9 Å². The van der Waals surface area contributed by atoms with E-state index in [1.165, 1.54) is 19.2 Å². The third kappa shape index (κ3) is 4.54. The summed E-state index contributed by atoms with van der Waals surface area (Å²) in [4.78, 5) is 12.0. The van der Waals surface area contributed by atoms with Crippen LogP contribution in [-0.2, 0) is 9.53 Å². The second kappa shape index (κ2) is 6.55. The Kier molecular flexibility index (Phi) is 5.33. The molecule has 0 aliphatic rings. The molecule has 1 aromatic rings. The Labute approximate surface area is 114 Å². The van der Waals surface area contributed by atoms with Gasteiger partial charge in [0.15, 0.2) is 0 Å². The normalized spacial score (nSPS) is 14.0. The standard InChI is InChI=1S/C15H22FNO2/c1-11(2)9-10-15(3,14(18)19-4)17-13-7-5-12(16)6-8-13/h5-8,11,17H,9-10H2,1-4H3. The van der Waals surface area contributed by atoms with E-state index in [4.69, 9.17) is 4.74 Å². The molecule has 1 unspecified atom stereocenters. The third-order valence-electron chi connectivity index (χ3n) is 3.12. The molecule has 19 heavy (non-hydrogen) atoms. The number of rotatable bonds is 6. The Morgan fingerprint density at radius 1 is 1.37 bits per heavy atom. The van der Waals surface area contributed by atoms with Gasteiger partial charge >= 0.3 is 5.97 Å². The molecule has 1 atom stereocenters. The van der Waals surface area contributed by atoms with Crippen LogP contribution in [0.25, 0.3) is 0 Å². The number of esters is 1. The van der Waals surface area contributed by atoms with Gasteiger partial charge in [-0.25, -0.2) is 9.18 Å². The zero-order valence-electron chi connectivity index (χ0n) is 12.0. The van der Waals surface area contributed by atoms with E-state index < -0.39 is 5.54 Å². The summed E-state index contributed by atoms with van der Waals surface area (Å²) in [5.74, 6) is -0.107. The van der Waals surface area contributed by atoms with Crippen molar-refractivity contribution in [2.45, 2.75) is 39.2 Å². The fraction of sp³-hybridized carbons (Fsp3) is 0.533. The maximum atomic E-state index is 12.9. The molecule has 0 radical (unpaired) electrons. The van der Waals surface area contributed by atoms with Gasteiger partial charge in [-0.15, -0.1) is 0 Å². The lowest BCUT2D eigenvalue weighted by atomic mass is 9.91. The Balaban J connectivity index is 2.84. The van der Waals surface area contributed by atoms with Gasteiger partial charge < -0.3 is 10.1 Å². The molecule has 0 heterocycles. The van der Waals surface area contributed by atoms with E-state index in [-0.39, 0.29) is 11.8 Å².